The molecular weight excluding hydrogens is 326 g/mol. The summed E-state index contributed by atoms with van der Waals surface area (Å²) in [5.74, 6) is 2.60. The van der Waals surface area contributed by atoms with Gasteiger partial charge in [-0.2, -0.15) is 0 Å². The number of hydrogen-bond donors (Lipinski definition) is 2. The lowest BCUT2D eigenvalue weighted by atomic mass is 10.2. The first-order valence-corrected chi connectivity index (χ1v) is 8.92. The van der Waals surface area contributed by atoms with Gasteiger partial charge in [0.1, 0.15) is 18.2 Å². The summed E-state index contributed by atoms with van der Waals surface area (Å²) in [6.07, 6.45) is 1.82. The van der Waals surface area contributed by atoms with Crippen molar-refractivity contribution < 1.29 is 4.74 Å². The molecule has 0 saturated heterocycles. The summed E-state index contributed by atoms with van der Waals surface area (Å²) in [4.78, 5) is 10.9. The molecule has 0 bridgehead atoms. The third-order valence-electron chi connectivity index (χ3n) is 3.72. The molecule has 2 N–H and O–H groups in total. The van der Waals surface area contributed by atoms with E-state index in [1.54, 1.807) is 0 Å². The average Bonchev–Trinajstić information content (AvgIpc) is 2.64. The van der Waals surface area contributed by atoms with Crippen molar-refractivity contribution in [2.45, 2.75) is 20.4 Å². The number of aryl methyl sites for hydroxylation is 1. The molecule has 1 aromatic carbocycles. The molecule has 0 radical (unpaired) electrons. The monoisotopic (exact) mass is 355 g/mol. The highest BCUT2D eigenvalue weighted by molar-refractivity contribution is 5.79. The molecular formula is C20H29N5O. The topological polar surface area (TPSA) is 61.8 Å². The third-order valence-corrected chi connectivity index (χ3v) is 3.72. The number of guanidine groups is 1. The first-order valence-electron chi connectivity index (χ1n) is 8.92. The molecule has 6 nitrogen and oxygen atoms in total. The second kappa shape index (κ2) is 10.3. The van der Waals surface area contributed by atoms with Crippen LogP contribution in [0.2, 0.25) is 0 Å². The van der Waals surface area contributed by atoms with Crippen LogP contribution in [0.25, 0.3) is 0 Å². The Hall–Kier alpha value is -2.76. The second-order valence-electron chi connectivity index (χ2n) is 6.20. The van der Waals surface area contributed by atoms with Crippen LogP contribution in [-0.2, 0) is 6.54 Å². The highest BCUT2D eigenvalue weighted by Gasteiger charge is 2.01. The minimum absolute atomic E-state index is 0.577. The van der Waals surface area contributed by atoms with Gasteiger partial charge in [-0.05, 0) is 43.7 Å². The lowest BCUT2D eigenvalue weighted by Gasteiger charge is -2.13. The fraction of sp³-hybridized carbons (Fsp3) is 0.400. The Bertz CT molecular complexity index is 698. The van der Waals surface area contributed by atoms with Gasteiger partial charge in [-0.3, -0.25) is 0 Å². The van der Waals surface area contributed by atoms with E-state index in [1.165, 1.54) is 5.56 Å². The van der Waals surface area contributed by atoms with Crippen LogP contribution in [0.1, 0.15) is 18.1 Å². The second-order valence-corrected chi connectivity index (χ2v) is 6.20. The van der Waals surface area contributed by atoms with Gasteiger partial charge in [-0.1, -0.05) is 17.7 Å². The minimum Gasteiger partial charge on any atom is -0.492 e. The lowest BCUT2D eigenvalue weighted by molar-refractivity contribution is 0.322. The van der Waals surface area contributed by atoms with Gasteiger partial charge in [-0.15, -0.1) is 0 Å². The van der Waals surface area contributed by atoms with Crippen molar-refractivity contribution in [1.82, 2.24) is 15.6 Å². The van der Waals surface area contributed by atoms with E-state index in [0.29, 0.717) is 19.7 Å². The highest BCUT2D eigenvalue weighted by Crippen LogP contribution is 2.11. The zero-order valence-electron chi connectivity index (χ0n) is 16.1. The molecule has 0 fully saturated rings. The number of hydrogen-bond acceptors (Lipinski definition) is 4. The van der Waals surface area contributed by atoms with Crippen molar-refractivity contribution in [2.24, 2.45) is 4.99 Å². The molecule has 0 spiro atoms. The molecule has 1 aromatic heterocycles. The highest BCUT2D eigenvalue weighted by atomic mass is 16.5. The van der Waals surface area contributed by atoms with Crippen LogP contribution in [0, 0.1) is 6.92 Å². The van der Waals surface area contributed by atoms with E-state index in [1.807, 2.05) is 61.6 Å². The van der Waals surface area contributed by atoms with E-state index in [0.717, 1.165) is 29.6 Å². The van der Waals surface area contributed by atoms with Gasteiger partial charge in [0, 0.05) is 26.8 Å². The largest absolute Gasteiger partial charge is 0.492 e. The predicted octanol–water partition coefficient (Wildman–Crippen LogP) is 2.59. The molecule has 0 unspecified atom stereocenters. The van der Waals surface area contributed by atoms with Crippen molar-refractivity contribution in [1.29, 1.82) is 0 Å². The zero-order chi connectivity index (χ0) is 18.8. The zero-order valence-corrected chi connectivity index (χ0v) is 16.1. The molecule has 2 rings (SSSR count). The number of anilines is 1. The van der Waals surface area contributed by atoms with Gasteiger partial charge in [0.15, 0.2) is 5.96 Å². The summed E-state index contributed by atoms with van der Waals surface area (Å²) in [5, 5.41) is 6.55. The number of rotatable bonds is 8. The van der Waals surface area contributed by atoms with Gasteiger partial charge in [0.05, 0.1) is 13.1 Å². The number of pyridine rings is 1. The van der Waals surface area contributed by atoms with Crippen molar-refractivity contribution in [2.75, 3.05) is 38.7 Å². The lowest BCUT2D eigenvalue weighted by Crippen LogP contribution is -2.39. The quantitative estimate of drug-likeness (QED) is 0.433. The first-order chi connectivity index (χ1) is 12.6. The molecule has 0 amide bonds. The van der Waals surface area contributed by atoms with Crippen LogP contribution in [0.5, 0.6) is 5.75 Å². The Morgan fingerprint density at radius 1 is 1.15 bits per heavy atom. The van der Waals surface area contributed by atoms with E-state index in [4.69, 9.17) is 4.74 Å². The standard InChI is InChI=1S/C20H29N5O/c1-5-21-20(23-12-13-26-18-8-6-16(2)7-9-18)24-15-17-10-11-22-19(14-17)25(3)4/h6-11,14H,5,12-13,15H2,1-4H3,(H2,21,23,24). The number of aromatic nitrogens is 1. The summed E-state index contributed by atoms with van der Waals surface area (Å²) in [5.41, 5.74) is 2.35. The van der Waals surface area contributed by atoms with Crippen molar-refractivity contribution in [3.05, 3.63) is 53.7 Å². The number of benzene rings is 1. The van der Waals surface area contributed by atoms with Gasteiger partial charge < -0.3 is 20.3 Å². The Labute approximate surface area is 156 Å². The van der Waals surface area contributed by atoms with Crippen LogP contribution in [0.4, 0.5) is 5.82 Å². The average molecular weight is 355 g/mol. The molecule has 0 saturated carbocycles. The summed E-state index contributed by atoms with van der Waals surface area (Å²) in [6.45, 7) is 6.78. The summed E-state index contributed by atoms with van der Waals surface area (Å²) in [6, 6.07) is 12.1. The van der Waals surface area contributed by atoms with Crippen LogP contribution in [0.3, 0.4) is 0 Å². The Kier molecular flexibility index (Phi) is 7.74. The molecule has 0 aliphatic rings. The maximum absolute atomic E-state index is 5.74. The van der Waals surface area contributed by atoms with E-state index in [-0.39, 0.29) is 0 Å². The fourth-order valence-electron chi connectivity index (χ4n) is 2.29. The number of aliphatic imine (C=N–C) groups is 1. The Morgan fingerprint density at radius 2 is 1.92 bits per heavy atom. The Morgan fingerprint density at radius 3 is 2.62 bits per heavy atom. The van der Waals surface area contributed by atoms with Crippen LogP contribution >= 0.6 is 0 Å². The molecule has 0 aliphatic heterocycles. The number of nitrogens with one attached hydrogen (secondary N) is 2. The normalized spacial score (nSPS) is 11.2. The number of ether oxygens (including phenoxy) is 1. The van der Waals surface area contributed by atoms with Gasteiger partial charge in [0.25, 0.3) is 0 Å². The van der Waals surface area contributed by atoms with Crippen LogP contribution < -0.4 is 20.3 Å². The van der Waals surface area contributed by atoms with Crippen molar-refractivity contribution in [3.8, 4) is 5.75 Å². The van der Waals surface area contributed by atoms with Crippen molar-refractivity contribution in [3.63, 3.8) is 0 Å². The molecule has 2 aromatic rings. The molecule has 140 valence electrons. The summed E-state index contributed by atoms with van der Waals surface area (Å²) < 4.78 is 5.74. The maximum Gasteiger partial charge on any atom is 0.191 e. The molecule has 6 heteroatoms. The minimum atomic E-state index is 0.577. The van der Waals surface area contributed by atoms with E-state index < -0.39 is 0 Å². The van der Waals surface area contributed by atoms with Gasteiger partial charge in [-0.25, -0.2) is 9.98 Å². The smallest absolute Gasteiger partial charge is 0.191 e. The van der Waals surface area contributed by atoms with Crippen LogP contribution in [-0.4, -0.2) is 44.7 Å². The predicted molar refractivity (Wildman–Crippen MR) is 108 cm³/mol. The SMILES string of the molecule is CCNC(=NCc1ccnc(N(C)C)c1)NCCOc1ccc(C)cc1. The third kappa shape index (κ3) is 6.63. The van der Waals surface area contributed by atoms with E-state index in [2.05, 4.69) is 34.5 Å². The molecule has 1 heterocycles. The summed E-state index contributed by atoms with van der Waals surface area (Å²) >= 11 is 0. The molecule has 0 aliphatic carbocycles. The van der Waals surface area contributed by atoms with Crippen LogP contribution in [0.15, 0.2) is 47.6 Å². The van der Waals surface area contributed by atoms with Gasteiger partial charge in [0.2, 0.25) is 0 Å². The maximum atomic E-state index is 5.74. The Balaban J connectivity index is 1.84. The molecule has 26 heavy (non-hydrogen) atoms. The first kappa shape index (κ1) is 19.6. The number of nitrogens with zero attached hydrogens (tertiary/aromatic N) is 3. The summed E-state index contributed by atoms with van der Waals surface area (Å²) in [7, 11) is 3.96. The molecule has 0 atom stereocenters. The van der Waals surface area contributed by atoms with Crippen molar-refractivity contribution >= 4 is 11.8 Å². The fourth-order valence-corrected chi connectivity index (χ4v) is 2.29. The van der Waals surface area contributed by atoms with Gasteiger partial charge >= 0.3 is 0 Å². The van der Waals surface area contributed by atoms with E-state index >= 15 is 0 Å². The van der Waals surface area contributed by atoms with E-state index in [9.17, 15) is 0 Å².